The Labute approximate surface area is 139 Å². The summed E-state index contributed by atoms with van der Waals surface area (Å²) in [6.45, 7) is 2.17. The molecule has 1 N–H and O–H groups in total. The SMILES string of the molecule is CCCCc1ccc(-c2csc(NC(=O)CCC(=O)[O-])n2)cc1. The second-order valence-electron chi connectivity index (χ2n) is 5.26. The number of anilines is 1. The van der Waals surface area contributed by atoms with Crippen LogP contribution in [0.15, 0.2) is 29.6 Å². The summed E-state index contributed by atoms with van der Waals surface area (Å²) in [7, 11) is 0. The Morgan fingerprint density at radius 3 is 2.61 bits per heavy atom. The number of carboxylic acids is 1. The quantitative estimate of drug-likeness (QED) is 0.806. The van der Waals surface area contributed by atoms with E-state index in [4.69, 9.17) is 0 Å². The first-order valence-corrected chi connectivity index (χ1v) is 8.51. The van der Waals surface area contributed by atoms with Crippen molar-refractivity contribution in [2.24, 2.45) is 0 Å². The second-order valence-corrected chi connectivity index (χ2v) is 6.12. The van der Waals surface area contributed by atoms with Gasteiger partial charge in [0.25, 0.3) is 0 Å². The minimum Gasteiger partial charge on any atom is -0.550 e. The van der Waals surface area contributed by atoms with Crippen LogP contribution in [-0.4, -0.2) is 16.9 Å². The molecule has 122 valence electrons. The van der Waals surface area contributed by atoms with Crippen LogP contribution in [0.4, 0.5) is 5.13 Å². The number of aliphatic carboxylic acids is 1. The van der Waals surface area contributed by atoms with Crippen molar-refractivity contribution < 1.29 is 14.7 Å². The smallest absolute Gasteiger partial charge is 0.226 e. The first kappa shape index (κ1) is 17.1. The lowest BCUT2D eigenvalue weighted by atomic mass is 10.1. The Bertz CT molecular complexity index is 665. The molecule has 0 unspecified atom stereocenters. The molecule has 1 heterocycles. The first-order valence-electron chi connectivity index (χ1n) is 7.63. The van der Waals surface area contributed by atoms with Crippen LogP contribution in [0.25, 0.3) is 11.3 Å². The fourth-order valence-electron chi connectivity index (χ4n) is 2.08. The highest BCUT2D eigenvalue weighted by molar-refractivity contribution is 7.14. The normalized spacial score (nSPS) is 10.5. The van der Waals surface area contributed by atoms with E-state index < -0.39 is 5.97 Å². The number of thiazole rings is 1. The minimum atomic E-state index is -1.23. The molecule has 0 aliphatic carbocycles. The molecule has 2 rings (SSSR count). The fourth-order valence-corrected chi connectivity index (χ4v) is 2.82. The fraction of sp³-hybridized carbons (Fsp3) is 0.353. The summed E-state index contributed by atoms with van der Waals surface area (Å²) in [5.41, 5.74) is 3.10. The van der Waals surface area contributed by atoms with Crippen LogP contribution in [0, 0.1) is 0 Å². The highest BCUT2D eigenvalue weighted by Crippen LogP contribution is 2.25. The van der Waals surface area contributed by atoms with Crippen molar-refractivity contribution in [3.63, 3.8) is 0 Å². The third kappa shape index (κ3) is 5.49. The first-order chi connectivity index (χ1) is 11.1. The van der Waals surface area contributed by atoms with Gasteiger partial charge in [0.1, 0.15) is 0 Å². The molecule has 6 heteroatoms. The van der Waals surface area contributed by atoms with Crippen molar-refractivity contribution in [2.45, 2.75) is 39.0 Å². The molecule has 1 aromatic heterocycles. The van der Waals surface area contributed by atoms with Crippen LogP contribution in [0.1, 0.15) is 38.2 Å². The van der Waals surface area contributed by atoms with E-state index in [9.17, 15) is 14.7 Å². The van der Waals surface area contributed by atoms with E-state index >= 15 is 0 Å². The van der Waals surface area contributed by atoms with Crippen molar-refractivity contribution in [1.82, 2.24) is 4.98 Å². The predicted octanol–water partition coefficient (Wildman–Crippen LogP) is 2.62. The van der Waals surface area contributed by atoms with Crippen molar-refractivity contribution in [2.75, 3.05) is 5.32 Å². The number of unbranched alkanes of at least 4 members (excludes halogenated alkanes) is 1. The summed E-state index contributed by atoms with van der Waals surface area (Å²) < 4.78 is 0. The predicted molar refractivity (Wildman–Crippen MR) is 89.0 cm³/mol. The number of amides is 1. The largest absolute Gasteiger partial charge is 0.550 e. The minimum absolute atomic E-state index is 0.108. The van der Waals surface area contributed by atoms with Crippen LogP contribution in [0.5, 0.6) is 0 Å². The molecule has 5 nitrogen and oxygen atoms in total. The number of nitrogens with zero attached hydrogens (tertiary/aromatic N) is 1. The summed E-state index contributed by atoms with van der Waals surface area (Å²) >= 11 is 1.32. The lowest BCUT2D eigenvalue weighted by Crippen LogP contribution is -2.24. The van der Waals surface area contributed by atoms with E-state index in [1.165, 1.54) is 29.7 Å². The number of carboxylic acid groups (broad SMARTS) is 1. The lowest BCUT2D eigenvalue weighted by molar-refractivity contribution is -0.305. The molecular weight excluding hydrogens is 312 g/mol. The van der Waals surface area contributed by atoms with Gasteiger partial charge in [-0.2, -0.15) is 0 Å². The molecule has 0 fully saturated rings. The van der Waals surface area contributed by atoms with E-state index in [-0.39, 0.29) is 18.7 Å². The molecule has 1 aromatic carbocycles. The van der Waals surface area contributed by atoms with E-state index in [0.29, 0.717) is 5.13 Å². The van der Waals surface area contributed by atoms with Gasteiger partial charge in [0.15, 0.2) is 5.13 Å². The standard InChI is InChI=1S/C17H20N2O3S/c1-2-3-4-12-5-7-13(8-6-12)14-11-23-17(18-14)19-15(20)9-10-16(21)22/h5-8,11H,2-4,9-10H2,1H3,(H,21,22)(H,18,19,20)/p-1. The Morgan fingerprint density at radius 2 is 1.96 bits per heavy atom. The summed E-state index contributed by atoms with van der Waals surface area (Å²) in [5.74, 6) is -1.60. The molecule has 0 spiro atoms. The van der Waals surface area contributed by atoms with Crippen LogP contribution in [-0.2, 0) is 16.0 Å². The Balaban J connectivity index is 1.95. The van der Waals surface area contributed by atoms with Gasteiger partial charge in [0, 0.05) is 23.3 Å². The second kappa shape index (κ2) is 8.43. The molecule has 0 saturated carbocycles. The molecule has 0 radical (unpaired) electrons. The van der Waals surface area contributed by atoms with Gasteiger partial charge in [-0.1, -0.05) is 37.6 Å². The van der Waals surface area contributed by atoms with Crippen molar-refractivity contribution in [3.05, 3.63) is 35.2 Å². The maximum absolute atomic E-state index is 11.6. The zero-order valence-corrected chi connectivity index (χ0v) is 13.8. The summed E-state index contributed by atoms with van der Waals surface area (Å²) in [4.78, 5) is 26.3. The van der Waals surface area contributed by atoms with E-state index in [1.54, 1.807) is 0 Å². The molecule has 0 bridgehead atoms. The zero-order valence-electron chi connectivity index (χ0n) is 13.0. The molecule has 0 aliphatic heterocycles. The maximum Gasteiger partial charge on any atom is 0.226 e. The van der Waals surface area contributed by atoms with E-state index in [0.717, 1.165) is 17.7 Å². The molecule has 23 heavy (non-hydrogen) atoms. The number of hydrogen-bond donors (Lipinski definition) is 1. The molecular formula is C17H19N2O3S-. The number of hydrogen-bond acceptors (Lipinski definition) is 5. The molecule has 0 saturated heterocycles. The number of carbonyl (C=O) groups excluding carboxylic acids is 2. The number of rotatable bonds is 8. The van der Waals surface area contributed by atoms with Crippen LogP contribution >= 0.6 is 11.3 Å². The highest BCUT2D eigenvalue weighted by Gasteiger charge is 2.08. The van der Waals surface area contributed by atoms with Gasteiger partial charge in [-0.05, 0) is 24.8 Å². The summed E-state index contributed by atoms with van der Waals surface area (Å²) in [5, 5.41) is 15.3. The number of aromatic nitrogens is 1. The molecule has 2 aromatic rings. The molecule has 1 amide bonds. The average molecular weight is 331 g/mol. The third-order valence-corrected chi connectivity index (χ3v) is 4.13. The van der Waals surface area contributed by atoms with Gasteiger partial charge < -0.3 is 15.2 Å². The van der Waals surface area contributed by atoms with Crippen LogP contribution in [0.2, 0.25) is 0 Å². The molecule has 0 atom stereocenters. The van der Waals surface area contributed by atoms with E-state index in [2.05, 4.69) is 29.4 Å². The Kier molecular flexibility index (Phi) is 6.29. The Morgan fingerprint density at radius 1 is 1.22 bits per heavy atom. The Hall–Kier alpha value is -2.21. The van der Waals surface area contributed by atoms with Crippen molar-refractivity contribution in [1.29, 1.82) is 0 Å². The number of nitrogens with one attached hydrogen (secondary N) is 1. The average Bonchev–Trinajstić information content (AvgIpc) is 3.00. The van der Waals surface area contributed by atoms with Gasteiger partial charge in [-0.25, -0.2) is 4.98 Å². The highest BCUT2D eigenvalue weighted by atomic mass is 32.1. The number of carbonyl (C=O) groups is 2. The lowest BCUT2D eigenvalue weighted by Gasteiger charge is -2.03. The summed E-state index contributed by atoms with van der Waals surface area (Å²) in [6, 6.07) is 8.26. The van der Waals surface area contributed by atoms with Gasteiger partial charge in [-0.15, -0.1) is 11.3 Å². The van der Waals surface area contributed by atoms with Gasteiger partial charge in [-0.3, -0.25) is 4.79 Å². The van der Waals surface area contributed by atoms with Crippen LogP contribution < -0.4 is 10.4 Å². The monoisotopic (exact) mass is 331 g/mol. The maximum atomic E-state index is 11.6. The van der Waals surface area contributed by atoms with Crippen molar-refractivity contribution >= 4 is 28.3 Å². The number of benzene rings is 1. The van der Waals surface area contributed by atoms with Crippen LogP contribution in [0.3, 0.4) is 0 Å². The van der Waals surface area contributed by atoms with Gasteiger partial charge in [0.05, 0.1) is 5.69 Å². The number of aryl methyl sites for hydroxylation is 1. The van der Waals surface area contributed by atoms with Gasteiger partial charge >= 0.3 is 0 Å². The summed E-state index contributed by atoms with van der Waals surface area (Å²) in [6.07, 6.45) is 3.03. The van der Waals surface area contributed by atoms with E-state index in [1.807, 2.05) is 17.5 Å². The third-order valence-electron chi connectivity index (χ3n) is 3.38. The van der Waals surface area contributed by atoms with Crippen molar-refractivity contribution in [3.8, 4) is 11.3 Å². The topological polar surface area (TPSA) is 82.1 Å². The zero-order chi connectivity index (χ0) is 16.7. The van der Waals surface area contributed by atoms with Gasteiger partial charge in [0.2, 0.25) is 5.91 Å². The molecule has 0 aliphatic rings.